The van der Waals surface area contributed by atoms with Gasteiger partial charge in [-0.15, -0.1) is 0 Å². The Labute approximate surface area is 172 Å². The molecule has 148 valence electrons. The van der Waals surface area contributed by atoms with Gasteiger partial charge in [0.1, 0.15) is 6.04 Å². The number of fused-ring (bicyclic) bond motifs is 3. The van der Waals surface area contributed by atoms with Gasteiger partial charge in [0, 0.05) is 11.1 Å². The van der Waals surface area contributed by atoms with Crippen LogP contribution in [0, 0.1) is 0 Å². The van der Waals surface area contributed by atoms with Gasteiger partial charge in [0.25, 0.3) is 0 Å². The summed E-state index contributed by atoms with van der Waals surface area (Å²) < 4.78 is 27.5. The number of quaternary nitrogens is 1. The molecule has 1 saturated heterocycles. The van der Waals surface area contributed by atoms with Gasteiger partial charge < -0.3 is 4.90 Å². The van der Waals surface area contributed by atoms with Gasteiger partial charge in [0.2, 0.25) is 10.0 Å². The third-order valence-corrected chi connectivity index (χ3v) is 8.04. The number of nitrogens with one attached hydrogen (secondary N) is 1. The fourth-order valence-corrected chi connectivity index (χ4v) is 6.35. The van der Waals surface area contributed by atoms with Crippen molar-refractivity contribution in [2.24, 2.45) is 0 Å². The molecule has 1 aliphatic carbocycles. The lowest BCUT2D eigenvalue weighted by Gasteiger charge is -2.35. The zero-order valence-corrected chi connectivity index (χ0v) is 17.1. The number of piperazine rings is 1. The maximum atomic E-state index is 12.9. The van der Waals surface area contributed by atoms with Crippen molar-refractivity contribution < 1.29 is 13.3 Å². The number of hydrogen-bond acceptors (Lipinski definition) is 2. The minimum atomic E-state index is -3.28. The first-order valence-electron chi connectivity index (χ1n) is 10.2. The predicted molar refractivity (Wildman–Crippen MR) is 115 cm³/mol. The molecule has 5 heteroatoms. The molecule has 2 aliphatic rings. The smallest absolute Gasteiger partial charge is 0.218 e. The second kappa shape index (κ2) is 7.41. The van der Waals surface area contributed by atoms with E-state index in [0.29, 0.717) is 19.1 Å². The molecule has 5 rings (SSSR count). The van der Waals surface area contributed by atoms with Gasteiger partial charge in [-0.25, -0.2) is 8.42 Å². The van der Waals surface area contributed by atoms with Crippen molar-refractivity contribution in [3.8, 4) is 11.1 Å². The van der Waals surface area contributed by atoms with Gasteiger partial charge in [-0.1, -0.05) is 78.9 Å². The SMILES string of the molecule is O=S(=O)(Cc1ccccc1)N1CC[NH+](C2c3ccccc3-c3ccccc32)CC1. The van der Waals surface area contributed by atoms with Crippen LogP contribution in [-0.2, 0) is 15.8 Å². The summed E-state index contributed by atoms with van der Waals surface area (Å²) in [6.45, 7) is 2.79. The molecule has 0 bridgehead atoms. The summed E-state index contributed by atoms with van der Waals surface area (Å²) in [6, 6.07) is 27.0. The molecule has 1 N–H and O–H groups in total. The Morgan fingerprint density at radius 3 is 1.86 bits per heavy atom. The van der Waals surface area contributed by atoms with Gasteiger partial charge in [0.05, 0.1) is 31.9 Å². The highest BCUT2D eigenvalue weighted by atomic mass is 32.2. The molecule has 0 radical (unpaired) electrons. The Morgan fingerprint density at radius 2 is 1.28 bits per heavy atom. The van der Waals surface area contributed by atoms with Crippen LogP contribution in [0.5, 0.6) is 0 Å². The molecular weight excluding hydrogens is 380 g/mol. The third-order valence-electron chi connectivity index (χ3n) is 6.19. The summed E-state index contributed by atoms with van der Waals surface area (Å²) in [5.41, 5.74) is 6.22. The zero-order chi connectivity index (χ0) is 19.8. The molecule has 0 saturated carbocycles. The summed E-state index contributed by atoms with van der Waals surface area (Å²) in [4.78, 5) is 1.45. The van der Waals surface area contributed by atoms with E-state index in [9.17, 15) is 8.42 Å². The van der Waals surface area contributed by atoms with E-state index >= 15 is 0 Å². The van der Waals surface area contributed by atoms with Gasteiger partial charge in [0.15, 0.2) is 0 Å². The van der Waals surface area contributed by atoms with Crippen molar-refractivity contribution in [2.75, 3.05) is 26.2 Å². The minimum Gasteiger partial charge on any atom is -0.323 e. The van der Waals surface area contributed by atoms with E-state index < -0.39 is 10.0 Å². The Kier molecular flexibility index (Phi) is 4.74. The van der Waals surface area contributed by atoms with Crippen LogP contribution >= 0.6 is 0 Å². The van der Waals surface area contributed by atoms with E-state index in [1.807, 2.05) is 30.3 Å². The topological polar surface area (TPSA) is 41.8 Å². The molecule has 0 spiro atoms. The average molecular weight is 406 g/mol. The van der Waals surface area contributed by atoms with Crippen LogP contribution in [0.4, 0.5) is 0 Å². The van der Waals surface area contributed by atoms with E-state index in [1.165, 1.54) is 27.2 Å². The first-order valence-corrected chi connectivity index (χ1v) is 11.8. The summed E-state index contributed by atoms with van der Waals surface area (Å²) in [7, 11) is -3.28. The number of nitrogens with zero attached hydrogens (tertiary/aromatic N) is 1. The fraction of sp³-hybridized carbons (Fsp3) is 0.250. The molecule has 0 amide bonds. The Balaban J connectivity index is 1.35. The van der Waals surface area contributed by atoms with Crippen molar-refractivity contribution >= 4 is 10.0 Å². The number of sulfonamides is 1. The first kappa shape index (κ1) is 18.6. The maximum Gasteiger partial charge on any atom is 0.218 e. The largest absolute Gasteiger partial charge is 0.323 e. The molecule has 0 atom stereocenters. The van der Waals surface area contributed by atoms with Gasteiger partial charge in [-0.05, 0) is 16.7 Å². The van der Waals surface area contributed by atoms with Crippen molar-refractivity contribution in [2.45, 2.75) is 11.8 Å². The molecule has 0 unspecified atom stereocenters. The molecule has 1 aliphatic heterocycles. The van der Waals surface area contributed by atoms with Crippen LogP contribution in [0.15, 0.2) is 78.9 Å². The van der Waals surface area contributed by atoms with Crippen LogP contribution in [0.25, 0.3) is 11.1 Å². The van der Waals surface area contributed by atoms with E-state index in [2.05, 4.69) is 48.5 Å². The highest BCUT2D eigenvalue weighted by molar-refractivity contribution is 7.88. The summed E-state index contributed by atoms with van der Waals surface area (Å²) >= 11 is 0. The standard InChI is InChI=1S/C24H24N2O2S/c27-29(28,18-19-8-2-1-3-9-19)26-16-14-25(15-17-26)24-22-12-6-4-10-20(22)21-11-5-7-13-23(21)24/h1-13,24H,14-18H2/p+1. The van der Waals surface area contributed by atoms with E-state index in [-0.39, 0.29) is 5.75 Å². The normalized spacial score (nSPS) is 17.8. The monoisotopic (exact) mass is 405 g/mol. The second-order valence-corrected chi connectivity index (χ2v) is 9.88. The van der Waals surface area contributed by atoms with E-state index in [4.69, 9.17) is 0 Å². The highest BCUT2D eigenvalue weighted by Gasteiger charge is 2.39. The molecule has 29 heavy (non-hydrogen) atoms. The van der Waals surface area contributed by atoms with Gasteiger partial charge in [-0.2, -0.15) is 4.31 Å². The average Bonchev–Trinajstić information content (AvgIpc) is 3.09. The summed E-state index contributed by atoms with van der Waals surface area (Å²) in [5.74, 6) is 0.0816. The van der Waals surface area contributed by atoms with Crippen molar-refractivity contribution in [3.05, 3.63) is 95.6 Å². The third kappa shape index (κ3) is 3.39. The fourth-order valence-electron chi connectivity index (χ4n) is 4.81. The van der Waals surface area contributed by atoms with Gasteiger partial charge >= 0.3 is 0 Å². The zero-order valence-electron chi connectivity index (χ0n) is 16.3. The molecule has 1 fully saturated rings. The van der Waals surface area contributed by atoms with Crippen LogP contribution < -0.4 is 4.90 Å². The Bertz CT molecular complexity index is 1070. The van der Waals surface area contributed by atoms with E-state index in [1.54, 1.807) is 4.31 Å². The first-order chi connectivity index (χ1) is 14.1. The van der Waals surface area contributed by atoms with Crippen LogP contribution in [0.1, 0.15) is 22.7 Å². The molecule has 3 aromatic carbocycles. The maximum absolute atomic E-state index is 12.9. The highest BCUT2D eigenvalue weighted by Crippen LogP contribution is 2.41. The Hall–Kier alpha value is -2.47. The summed E-state index contributed by atoms with van der Waals surface area (Å²) in [6.07, 6.45) is 0. The van der Waals surface area contributed by atoms with Crippen molar-refractivity contribution in [1.82, 2.24) is 4.31 Å². The van der Waals surface area contributed by atoms with Crippen LogP contribution in [-0.4, -0.2) is 38.9 Å². The molecule has 0 aromatic heterocycles. The predicted octanol–water partition coefficient (Wildman–Crippen LogP) is 2.49. The minimum absolute atomic E-state index is 0.0816. The number of benzene rings is 3. The number of rotatable bonds is 4. The van der Waals surface area contributed by atoms with Crippen molar-refractivity contribution in [3.63, 3.8) is 0 Å². The number of hydrogen-bond donors (Lipinski definition) is 1. The van der Waals surface area contributed by atoms with Crippen LogP contribution in [0.2, 0.25) is 0 Å². The van der Waals surface area contributed by atoms with E-state index in [0.717, 1.165) is 18.7 Å². The second-order valence-electron chi connectivity index (χ2n) is 7.91. The van der Waals surface area contributed by atoms with Crippen LogP contribution in [0.3, 0.4) is 0 Å². The lowest BCUT2D eigenvalue weighted by atomic mass is 10.0. The lowest BCUT2D eigenvalue weighted by Crippen LogP contribution is -3.15. The van der Waals surface area contributed by atoms with Gasteiger partial charge in [-0.3, -0.25) is 0 Å². The van der Waals surface area contributed by atoms with Crippen molar-refractivity contribution in [1.29, 1.82) is 0 Å². The lowest BCUT2D eigenvalue weighted by molar-refractivity contribution is -0.928. The summed E-state index contributed by atoms with van der Waals surface area (Å²) in [5, 5.41) is 0. The molecule has 4 nitrogen and oxygen atoms in total. The molecular formula is C24H25N2O2S+. The Morgan fingerprint density at radius 1 is 0.759 bits per heavy atom. The quantitative estimate of drug-likeness (QED) is 0.725. The molecule has 3 aromatic rings. The molecule has 1 heterocycles.